The Kier molecular flexibility index (Phi) is 5.76. The lowest BCUT2D eigenvalue weighted by Gasteiger charge is -2.21. The molecule has 0 saturated carbocycles. The van der Waals surface area contributed by atoms with Gasteiger partial charge in [-0.1, -0.05) is 41.1 Å². The van der Waals surface area contributed by atoms with Gasteiger partial charge >= 0.3 is 0 Å². The maximum atomic E-state index is 6.09. The van der Waals surface area contributed by atoms with Crippen molar-refractivity contribution in [2.24, 2.45) is 0 Å². The van der Waals surface area contributed by atoms with Gasteiger partial charge in [0.15, 0.2) is 0 Å². The fraction of sp³-hybridized carbons (Fsp3) is 0.353. The van der Waals surface area contributed by atoms with E-state index < -0.39 is 0 Å². The van der Waals surface area contributed by atoms with Crippen molar-refractivity contribution < 1.29 is 0 Å². The number of nitrogens with one attached hydrogen (secondary N) is 1. The molecule has 1 unspecified atom stereocenters. The maximum absolute atomic E-state index is 6.09. The number of nitrogens with zero attached hydrogens (tertiary/aromatic N) is 1. The third kappa shape index (κ3) is 4.29. The molecular weight excluding hydrogens is 326 g/mol. The summed E-state index contributed by atoms with van der Waals surface area (Å²) in [6, 6.07) is 10.6. The number of anilines is 1. The number of nitrogens with two attached hydrogens (primary N) is 1. The largest absolute Gasteiger partial charge is 0.383 e. The number of hydrogen-bond acceptors (Lipinski definition) is 3. The zero-order valence-electron chi connectivity index (χ0n) is 12.6. The van der Waals surface area contributed by atoms with Crippen LogP contribution in [-0.4, -0.2) is 11.5 Å². The lowest BCUT2D eigenvalue weighted by atomic mass is 9.98. The number of halogens is 1. The molecule has 112 valence electrons. The van der Waals surface area contributed by atoms with Crippen molar-refractivity contribution in [2.75, 3.05) is 12.3 Å². The molecule has 4 heteroatoms. The molecule has 0 radical (unpaired) electrons. The van der Waals surface area contributed by atoms with Gasteiger partial charge in [-0.2, -0.15) is 0 Å². The molecule has 0 saturated heterocycles. The van der Waals surface area contributed by atoms with Crippen molar-refractivity contribution in [1.29, 1.82) is 0 Å². The van der Waals surface area contributed by atoms with Crippen LogP contribution in [0.5, 0.6) is 0 Å². The lowest BCUT2D eigenvalue weighted by Crippen LogP contribution is -2.25. The Bertz CT molecular complexity index is 598. The number of aryl methyl sites for hydroxylation is 1. The fourth-order valence-corrected chi connectivity index (χ4v) is 2.82. The molecule has 21 heavy (non-hydrogen) atoms. The van der Waals surface area contributed by atoms with Crippen LogP contribution in [0.4, 0.5) is 5.82 Å². The molecule has 0 fully saturated rings. The topological polar surface area (TPSA) is 50.9 Å². The first-order chi connectivity index (χ1) is 10.1. The number of aromatic nitrogens is 1. The number of nitrogen functional groups attached to an aromatic ring is 1. The van der Waals surface area contributed by atoms with Crippen molar-refractivity contribution in [3.8, 4) is 0 Å². The average Bonchev–Trinajstić information content (AvgIpc) is 2.48. The van der Waals surface area contributed by atoms with Crippen LogP contribution in [0.1, 0.15) is 36.1 Å². The molecule has 0 aliphatic rings. The van der Waals surface area contributed by atoms with Crippen LogP contribution in [-0.2, 0) is 6.42 Å². The Balaban J connectivity index is 2.30. The summed E-state index contributed by atoms with van der Waals surface area (Å²) in [4.78, 5) is 4.30. The molecule has 3 N–H and O–H groups in total. The Labute approximate surface area is 135 Å². The number of benzene rings is 1. The summed E-state index contributed by atoms with van der Waals surface area (Å²) < 4.78 is 1.13. The van der Waals surface area contributed by atoms with Crippen LogP contribution in [0.25, 0.3) is 0 Å². The van der Waals surface area contributed by atoms with Crippen molar-refractivity contribution in [3.05, 3.63) is 57.7 Å². The molecule has 2 aromatic rings. The standard InChI is InChI=1S/C17H22BrN3/c1-3-8-20-16(10-13-6-4-5-7-15(13)18)14-9-12(2)11-21-17(14)19/h4-7,9,11,16,20H,3,8,10H2,1-2H3,(H2,19,21). The normalized spacial score (nSPS) is 12.3. The van der Waals surface area contributed by atoms with Crippen LogP contribution < -0.4 is 11.1 Å². The van der Waals surface area contributed by atoms with Crippen LogP contribution >= 0.6 is 15.9 Å². The summed E-state index contributed by atoms with van der Waals surface area (Å²) in [5.74, 6) is 0.612. The Morgan fingerprint density at radius 3 is 2.81 bits per heavy atom. The maximum Gasteiger partial charge on any atom is 0.128 e. The van der Waals surface area contributed by atoms with Crippen LogP contribution in [0.2, 0.25) is 0 Å². The molecule has 3 nitrogen and oxygen atoms in total. The first kappa shape index (κ1) is 16.0. The summed E-state index contributed by atoms with van der Waals surface area (Å²) in [6.07, 6.45) is 3.79. The average molecular weight is 348 g/mol. The Morgan fingerprint density at radius 1 is 1.33 bits per heavy atom. The Hall–Kier alpha value is -1.39. The second-order valence-electron chi connectivity index (χ2n) is 5.29. The quantitative estimate of drug-likeness (QED) is 0.829. The highest BCUT2D eigenvalue weighted by Crippen LogP contribution is 2.26. The lowest BCUT2D eigenvalue weighted by molar-refractivity contribution is 0.528. The molecule has 0 aliphatic heterocycles. The highest BCUT2D eigenvalue weighted by Gasteiger charge is 2.16. The summed E-state index contributed by atoms with van der Waals surface area (Å²) in [5.41, 5.74) is 9.58. The summed E-state index contributed by atoms with van der Waals surface area (Å²) in [5, 5.41) is 3.59. The highest BCUT2D eigenvalue weighted by molar-refractivity contribution is 9.10. The fourth-order valence-electron chi connectivity index (χ4n) is 2.38. The highest BCUT2D eigenvalue weighted by atomic mass is 79.9. The molecule has 0 amide bonds. The summed E-state index contributed by atoms with van der Waals surface area (Å²) in [6.45, 7) is 5.17. The first-order valence-corrected chi connectivity index (χ1v) is 8.10. The third-order valence-corrected chi connectivity index (χ3v) is 4.26. The van der Waals surface area contributed by atoms with E-state index in [1.54, 1.807) is 0 Å². The van der Waals surface area contributed by atoms with Gasteiger partial charge in [0.2, 0.25) is 0 Å². The molecule has 1 atom stereocenters. The van der Waals surface area contributed by atoms with Crippen molar-refractivity contribution in [2.45, 2.75) is 32.7 Å². The molecule has 0 bridgehead atoms. The molecule has 0 spiro atoms. The second-order valence-corrected chi connectivity index (χ2v) is 6.14. The van der Waals surface area contributed by atoms with Crippen LogP contribution in [0.15, 0.2) is 41.0 Å². The number of hydrogen-bond donors (Lipinski definition) is 2. The SMILES string of the molecule is CCCNC(Cc1ccccc1Br)c1cc(C)cnc1N. The zero-order chi connectivity index (χ0) is 15.2. The molecule has 0 aliphatic carbocycles. The minimum absolute atomic E-state index is 0.177. The van der Waals surface area contributed by atoms with Gasteiger partial charge in [0, 0.05) is 22.3 Å². The molecular formula is C17H22BrN3. The van der Waals surface area contributed by atoms with Crippen molar-refractivity contribution in [3.63, 3.8) is 0 Å². The predicted molar refractivity (Wildman–Crippen MR) is 92.3 cm³/mol. The third-order valence-electron chi connectivity index (χ3n) is 3.48. The summed E-state index contributed by atoms with van der Waals surface area (Å²) >= 11 is 3.62. The van der Waals surface area contributed by atoms with Gasteiger partial charge in [-0.15, -0.1) is 0 Å². The van der Waals surface area contributed by atoms with E-state index in [1.807, 2.05) is 19.2 Å². The summed E-state index contributed by atoms with van der Waals surface area (Å²) in [7, 11) is 0. The van der Waals surface area contributed by atoms with E-state index in [0.717, 1.165) is 35.0 Å². The minimum Gasteiger partial charge on any atom is -0.383 e. The van der Waals surface area contributed by atoms with Crippen molar-refractivity contribution >= 4 is 21.7 Å². The van der Waals surface area contributed by atoms with Crippen molar-refractivity contribution in [1.82, 2.24) is 10.3 Å². The predicted octanol–water partition coefficient (Wildman–Crippen LogP) is 4.02. The van der Waals surface area contributed by atoms with Gasteiger partial charge in [-0.05, 0) is 49.6 Å². The van der Waals surface area contributed by atoms with E-state index in [2.05, 4.69) is 57.4 Å². The zero-order valence-corrected chi connectivity index (χ0v) is 14.2. The van der Waals surface area contributed by atoms with Gasteiger partial charge in [-0.3, -0.25) is 0 Å². The van der Waals surface area contributed by atoms with E-state index in [0.29, 0.717) is 5.82 Å². The van der Waals surface area contributed by atoms with Crippen LogP contribution in [0.3, 0.4) is 0 Å². The monoisotopic (exact) mass is 347 g/mol. The van der Waals surface area contributed by atoms with Crippen LogP contribution in [0, 0.1) is 6.92 Å². The molecule has 1 aromatic heterocycles. The Morgan fingerprint density at radius 2 is 2.10 bits per heavy atom. The van der Waals surface area contributed by atoms with E-state index in [4.69, 9.17) is 5.73 Å². The molecule has 1 aromatic carbocycles. The van der Waals surface area contributed by atoms with E-state index in [1.165, 1.54) is 5.56 Å². The second kappa shape index (κ2) is 7.57. The van der Waals surface area contributed by atoms with Gasteiger partial charge in [0.1, 0.15) is 5.82 Å². The smallest absolute Gasteiger partial charge is 0.128 e. The van der Waals surface area contributed by atoms with Gasteiger partial charge in [0.25, 0.3) is 0 Å². The number of pyridine rings is 1. The van der Waals surface area contributed by atoms with Gasteiger partial charge in [0.05, 0.1) is 0 Å². The van der Waals surface area contributed by atoms with Gasteiger partial charge < -0.3 is 11.1 Å². The minimum atomic E-state index is 0.177. The van der Waals surface area contributed by atoms with E-state index in [-0.39, 0.29) is 6.04 Å². The first-order valence-electron chi connectivity index (χ1n) is 7.30. The van der Waals surface area contributed by atoms with E-state index in [9.17, 15) is 0 Å². The van der Waals surface area contributed by atoms with Gasteiger partial charge in [-0.25, -0.2) is 4.98 Å². The number of rotatable bonds is 6. The molecule has 1 heterocycles. The van der Waals surface area contributed by atoms with E-state index >= 15 is 0 Å². The molecule has 2 rings (SSSR count).